The standard InChI is InChI=1S/C15H22N2O2S/c18-20(19,10-8-15-7-3-4-9-16-15)17-11-13-5-1-2-6-14(13)12-17/h1-2,5-6,15-16H,3-4,7-12H2. The molecule has 110 valence electrons. The molecule has 1 saturated heterocycles. The summed E-state index contributed by atoms with van der Waals surface area (Å²) >= 11 is 0. The highest BCUT2D eigenvalue weighted by Crippen LogP contribution is 2.25. The quantitative estimate of drug-likeness (QED) is 0.922. The minimum absolute atomic E-state index is 0.263. The molecule has 4 nitrogen and oxygen atoms in total. The largest absolute Gasteiger partial charge is 0.314 e. The second-order valence-electron chi connectivity index (χ2n) is 5.79. The zero-order chi connectivity index (χ0) is 14.0. The summed E-state index contributed by atoms with van der Waals surface area (Å²) in [6.07, 6.45) is 4.27. The predicted octanol–water partition coefficient (Wildman–Crippen LogP) is 1.86. The summed E-state index contributed by atoms with van der Waals surface area (Å²) in [6, 6.07) is 8.37. The Labute approximate surface area is 121 Å². The number of fused-ring (bicyclic) bond motifs is 1. The second kappa shape index (κ2) is 5.84. The number of rotatable bonds is 4. The summed E-state index contributed by atoms with van der Waals surface area (Å²) in [5, 5.41) is 3.42. The molecule has 0 radical (unpaired) electrons. The number of hydrogen-bond donors (Lipinski definition) is 1. The molecule has 1 aromatic carbocycles. The number of piperidine rings is 1. The molecule has 2 aliphatic heterocycles. The molecule has 3 rings (SSSR count). The van der Waals surface area contributed by atoms with Crippen LogP contribution >= 0.6 is 0 Å². The molecular weight excluding hydrogens is 272 g/mol. The van der Waals surface area contributed by atoms with Gasteiger partial charge in [-0.2, -0.15) is 4.31 Å². The summed E-state index contributed by atoms with van der Waals surface area (Å²) in [7, 11) is -3.13. The normalized spacial score (nSPS) is 23.7. The Kier molecular flexibility index (Phi) is 4.10. The van der Waals surface area contributed by atoms with Crippen LogP contribution in [0.15, 0.2) is 24.3 Å². The van der Waals surface area contributed by atoms with Gasteiger partial charge in [0.05, 0.1) is 5.75 Å². The van der Waals surface area contributed by atoms with Crippen molar-refractivity contribution in [1.29, 1.82) is 0 Å². The van der Waals surface area contributed by atoms with Gasteiger partial charge in [-0.1, -0.05) is 30.7 Å². The van der Waals surface area contributed by atoms with Crippen molar-refractivity contribution in [2.75, 3.05) is 12.3 Å². The van der Waals surface area contributed by atoms with Crippen molar-refractivity contribution < 1.29 is 8.42 Å². The van der Waals surface area contributed by atoms with Crippen LogP contribution in [-0.4, -0.2) is 31.1 Å². The predicted molar refractivity (Wildman–Crippen MR) is 79.7 cm³/mol. The number of nitrogens with zero attached hydrogens (tertiary/aromatic N) is 1. The molecule has 2 aliphatic rings. The van der Waals surface area contributed by atoms with Gasteiger partial charge in [0.2, 0.25) is 10.0 Å². The van der Waals surface area contributed by atoms with Crippen LogP contribution < -0.4 is 5.32 Å². The van der Waals surface area contributed by atoms with Crippen molar-refractivity contribution in [3.05, 3.63) is 35.4 Å². The maximum absolute atomic E-state index is 12.4. The SMILES string of the molecule is O=S(=O)(CCC1CCCCN1)N1Cc2ccccc2C1. The average Bonchev–Trinajstić information content (AvgIpc) is 2.91. The topological polar surface area (TPSA) is 49.4 Å². The Hall–Kier alpha value is -0.910. The third-order valence-electron chi connectivity index (χ3n) is 4.34. The number of sulfonamides is 1. The first-order chi connectivity index (χ1) is 9.65. The van der Waals surface area contributed by atoms with Crippen LogP contribution in [0.1, 0.15) is 36.8 Å². The van der Waals surface area contributed by atoms with Gasteiger partial charge in [-0.3, -0.25) is 0 Å². The van der Waals surface area contributed by atoms with E-state index in [-0.39, 0.29) is 5.75 Å². The van der Waals surface area contributed by atoms with E-state index in [1.54, 1.807) is 4.31 Å². The van der Waals surface area contributed by atoms with Crippen molar-refractivity contribution in [2.45, 2.75) is 44.8 Å². The zero-order valence-electron chi connectivity index (χ0n) is 11.7. The Bertz CT molecular complexity index is 540. The molecule has 1 aromatic rings. The van der Waals surface area contributed by atoms with E-state index in [0.29, 0.717) is 19.1 Å². The van der Waals surface area contributed by atoms with Gasteiger partial charge in [0.1, 0.15) is 0 Å². The van der Waals surface area contributed by atoms with E-state index in [4.69, 9.17) is 0 Å². The molecule has 0 saturated carbocycles. The van der Waals surface area contributed by atoms with E-state index in [1.165, 1.54) is 12.8 Å². The summed E-state index contributed by atoms with van der Waals surface area (Å²) in [6.45, 7) is 2.10. The minimum Gasteiger partial charge on any atom is -0.314 e. The number of hydrogen-bond acceptors (Lipinski definition) is 3. The van der Waals surface area contributed by atoms with E-state index in [2.05, 4.69) is 5.32 Å². The van der Waals surface area contributed by atoms with E-state index < -0.39 is 10.0 Å². The maximum atomic E-state index is 12.4. The van der Waals surface area contributed by atoms with Crippen molar-refractivity contribution in [3.63, 3.8) is 0 Å². The first kappa shape index (κ1) is 14.0. The summed E-state index contributed by atoms with van der Waals surface area (Å²) in [4.78, 5) is 0. The molecule has 2 heterocycles. The van der Waals surface area contributed by atoms with E-state index in [9.17, 15) is 8.42 Å². The second-order valence-corrected chi connectivity index (χ2v) is 7.88. The van der Waals surface area contributed by atoms with Crippen LogP contribution in [0.4, 0.5) is 0 Å². The van der Waals surface area contributed by atoms with Gasteiger partial charge in [0.15, 0.2) is 0 Å². The molecule has 0 spiro atoms. The molecule has 1 N–H and O–H groups in total. The molecule has 20 heavy (non-hydrogen) atoms. The van der Waals surface area contributed by atoms with Gasteiger partial charge in [-0.15, -0.1) is 0 Å². The molecule has 1 fully saturated rings. The van der Waals surface area contributed by atoms with E-state index in [0.717, 1.165) is 30.5 Å². The van der Waals surface area contributed by atoms with Gasteiger partial charge < -0.3 is 5.32 Å². The van der Waals surface area contributed by atoms with Crippen LogP contribution in [0.25, 0.3) is 0 Å². The zero-order valence-corrected chi connectivity index (χ0v) is 12.5. The summed E-state index contributed by atoms with van der Waals surface area (Å²) in [5.74, 6) is 0.263. The number of benzene rings is 1. The van der Waals surface area contributed by atoms with E-state index >= 15 is 0 Å². The fraction of sp³-hybridized carbons (Fsp3) is 0.600. The van der Waals surface area contributed by atoms with Gasteiger partial charge in [-0.05, 0) is 36.9 Å². The average molecular weight is 294 g/mol. The van der Waals surface area contributed by atoms with Gasteiger partial charge in [-0.25, -0.2) is 8.42 Å². The Morgan fingerprint density at radius 1 is 1.15 bits per heavy atom. The molecule has 0 bridgehead atoms. The minimum atomic E-state index is -3.13. The van der Waals surface area contributed by atoms with E-state index in [1.807, 2.05) is 24.3 Å². The lowest BCUT2D eigenvalue weighted by Crippen LogP contribution is -2.37. The van der Waals surface area contributed by atoms with Crippen molar-refractivity contribution in [3.8, 4) is 0 Å². The Balaban J connectivity index is 1.59. The highest BCUT2D eigenvalue weighted by atomic mass is 32.2. The number of nitrogens with one attached hydrogen (secondary N) is 1. The first-order valence-corrected chi connectivity index (χ1v) is 9.04. The van der Waals surface area contributed by atoms with Crippen molar-refractivity contribution in [2.24, 2.45) is 0 Å². The molecule has 0 aliphatic carbocycles. The third kappa shape index (κ3) is 3.05. The van der Waals surface area contributed by atoms with Gasteiger partial charge in [0.25, 0.3) is 0 Å². The first-order valence-electron chi connectivity index (χ1n) is 7.43. The molecular formula is C15H22N2O2S. The van der Waals surface area contributed by atoms with Crippen LogP contribution in [-0.2, 0) is 23.1 Å². The van der Waals surface area contributed by atoms with Gasteiger partial charge >= 0.3 is 0 Å². The monoisotopic (exact) mass is 294 g/mol. The lowest BCUT2D eigenvalue weighted by Gasteiger charge is -2.24. The lowest BCUT2D eigenvalue weighted by atomic mass is 10.0. The van der Waals surface area contributed by atoms with Gasteiger partial charge in [0, 0.05) is 19.1 Å². The smallest absolute Gasteiger partial charge is 0.214 e. The highest BCUT2D eigenvalue weighted by Gasteiger charge is 2.29. The van der Waals surface area contributed by atoms with Crippen LogP contribution in [0.3, 0.4) is 0 Å². The third-order valence-corrected chi connectivity index (χ3v) is 6.14. The fourth-order valence-corrected chi connectivity index (χ4v) is 4.60. The molecule has 0 aromatic heterocycles. The summed E-state index contributed by atoms with van der Waals surface area (Å²) in [5.41, 5.74) is 2.29. The van der Waals surface area contributed by atoms with Crippen LogP contribution in [0, 0.1) is 0 Å². The summed E-state index contributed by atoms with van der Waals surface area (Å²) < 4.78 is 26.5. The van der Waals surface area contributed by atoms with Crippen molar-refractivity contribution in [1.82, 2.24) is 9.62 Å². The molecule has 1 unspecified atom stereocenters. The Morgan fingerprint density at radius 2 is 1.85 bits per heavy atom. The van der Waals surface area contributed by atoms with Crippen LogP contribution in [0.2, 0.25) is 0 Å². The van der Waals surface area contributed by atoms with Crippen LogP contribution in [0.5, 0.6) is 0 Å². The molecule has 1 atom stereocenters. The fourth-order valence-electron chi connectivity index (χ4n) is 3.09. The lowest BCUT2D eigenvalue weighted by molar-refractivity contribution is 0.384. The molecule has 0 amide bonds. The van der Waals surface area contributed by atoms with Crippen molar-refractivity contribution >= 4 is 10.0 Å². The highest BCUT2D eigenvalue weighted by molar-refractivity contribution is 7.89. The Morgan fingerprint density at radius 3 is 2.45 bits per heavy atom. The molecule has 5 heteroatoms. The maximum Gasteiger partial charge on any atom is 0.214 e.